The van der Waals surface area contributed by atoms with Gasteiger partial charge in [-0.3, -0.25) is 4.79 Å². The molecule has 0 N–H and O–H groups in total. The Bertz CT molecular complexity index is 1250. The Morgan fingerprint density at radius 2 is 1.68 bits per heavy atom. The van der Waals surface area contributed by atoms with Gasteiger partial charge in [-0.25, -0.2) is 12.8 Å². The maximum Gasteiger partial charge on any atom is 0.364 e. The number of halogens is 7. The van der Waals surface area contributed by atoms with Gasteiger partial charge >= 0.3 is 11.2 Å². The number of hydrogen-bond acceptors (Lipinski definition) is 7. The standard InChI is InChI=1S/C22H21F3I4O7S/c23-13(22(24,25)37(31,32)33)1-2-34-19(30)20-5-9-3-10(6-20)21(11(4-9)7-20)35-8-12-14(26)15(27)16(28)17(29)18(12)36-21/h9-11,13H,1-8H2,(H,31,32,33)/p-1. The molecule has 1 spiro atoms. The highest BCUT2D eigenvalue weighted by Gasteiger charge is 2.68. The van der Waals surface area contributed by atoms with Crippen molar-refractivity contribution in [3.63, 3.8) is 0 Å². The van der Waals surface area contributed by atoms with Crippen LogP contribution in [0.2, 0.25) is 0 Å². The Labute approximate surface area is 266 Å². The third kappa shape index (κ3) is 4.74. The van der Waals surface area contributed by atoms with E-state index in [1.165, 1.54) is 0 Å². The number of esters is 1. The molecular weight excluding hydrogens is 973 g/mol. The smallest absolute Gasteiger partial charge is 0.364 e. The molecule has 4 bridgehead atoms. The molecular formula is C22H20F3I4O7S-. The van der Waals surface area contributed by atoms with Crippen molar-refractivity contribution in [2.24, 2.45) is 23.2 Å². The Morgan fingerprint density at radius 1 is 1.08 bits per heavy atom. The molecule has 6 rings (SSSR count). The molecule has 1 aromatic carbocycles. The number of alkyl halides is 3. The number of fused-ring (bicyclic) bond motifs is 1. The predicted molar refractivity (Wildman–Crippen MR) is 157 cm³/mol. The van der Waals surface area contributed by atoms with Gasteiger partial charge in [-0.1, -0.05) is 0 Å². The SMILES string of the molecule is O=C(OCCC(F)C(F)(F)S(=O)(=O)[O-])C12CC3CC(C1)C1(OCc4c(I)c(I)c(I)c(I)c4O1)C(C3)C2. The van der Waals surface area contributed by atoms with E-state index in [4.69, 9.17) is 14.2 Å². The minimum absolute atomic E-state index is 0.0753. The highest BCUT2D eigenvalue weighted by Crippen LogP contribution is 2.66. The Balaban J connectivity index is 1.32. The number of carbonyl (C=O) groups is 1. The van der Waals surface area contributed by atoms with Crippen LogP contribution in [0.15, 0.2) is 0 Å². The molecule has 3 unspecified atom stereocenters. The van der Waals surface area contributed by atoms with Crippen molar-refractivity contribution in [1.82, 2.24) is 0 Å². The van der Waals surface area contributed by atoms with E-state index in [0.717, 1.165) is 38.4 Å². The summed E-state index contributed by atoms with van der Waals surface area (Å²) >= 11 is 9.24. The minimum atomic E-state index is -6.17. The first-order valence-corrected chi connectivity index (χ1v) is 17.2. The predicted octanol–water partition coefficient (Wildman–Crippen LogP) is 5.95. The molecule has 0 amide bonds. The number of hydrogen-bond donors (Lipinski definition) is 0. The van der Waals surface area contributed by atoms with Gasteiger partial charge in [0, 0.05) is 34.5 Å². The van der Waals surface area contributed by atoms with Gasteiger partial charge in [-0.15, -0.1) is 0 Å². The van der Waals surface area contributed by atoms with Gasteiger partial charge in [0.15, 0.2) is 16.3 Å². The van der Waals surface area contributed by atoms with E-state index in [9.17, 15) is 30.9 Å². The Kier molecular flexibility index (Phi) is 8.08. The van der Waals surface area contributed by atoms with Crippen molar-refractivity contribution < 1.29 is 45.1 Å². The topological polar surface area (TPSA) is 102 Å². The molecule has 5 aliphatic rings. The number of ether oxygens (including phenoxy) is 3. The van der Waals surface area contributed by atoms with E-state index in [2.05, 4.69) is 90.4 Å². The third-order valence-electron chi connectivity index (χ3n) is 8.08. The molecule has 0 radical (unpaired) electrons. The summed E-state index contributed by atoms with van der Waals surface area (Å²) in [7, 11) is -6.17. The molecule has 0 aromatic heterocycles. The fourth-order valence-electron chi connectivity index (χ4n) is 6.58. The lowest BCUT2D eigenvalue weighted by molar-refractivity contribution is -0.326. The van der Waals surface area contributed by atoms with Crippen LogP contribution < -0.4 is 4.74 Å². The van der Waals surface area contributed by atoms with E-state index >= 15 is 0 Å². The van der Waals surface area contributed by atoms with Crippen molar-refractivity contribution in [2.75, 3.05) is 6.61 Å². The van der Waals surface area contributed by atoms with Crippen LogP contribution in [-0.2, 0) is 31.0 Å². The van der Waals surface area contributed by atoms with Crippen molar-refractivity contribution >= 4 is 106 Å². The zero-order chi connectivity index (χ0) is 27.1. The van der Waals surface area contributed by atoms with Crippen LogP contribution in [0, 0.1) is 37.4 Å². The first-order valence-electron chi connectivity index (χ1n) is 11.5. The lowest BCUT2D eigenvalue weighted by Crippen LogP contribution is -2.67. The molecule has 1 aromatic rings. The van der Waals surface area contributed by atoms with Crippen LogP contribution in [0.3, 0.4) is 0 Å². The number of rotatable bonds is 6. The maximum atomic E-state index is 13.8. The number of carbonyl (C=O) groups excluding carboxylic acids is 1. The van der Waals surface area contributed by atoms with Gasteiger partial charge in [-0.2, -0.15) is 8.78 Å². The summed E-state index contributed by atoms with van der Waals surface area (Å²) in [6.45, 7) is -0.341. The van der Waals surface area contributed by atoms with Gasteiger partial charge in [-0.05, 0) is 128 Å². The van der Waals surface area contributed by atoms with Crippen LogP contribution >= 0.6 is 90.4 Å². The summed E-state index contributed by atoms with van der Waals surface area (Å²) in [6, 6.07) is 0. The highest BCUT2D eigenvalue weighted by molar-refractivity contribution is 14.1. The average Bonchev–Trinajstić information content (AvgIpc) is 2.83. The van der Waals surface area contributed by atoms with Crippen molar-refractivity contribution in [3.05, 3.63) is 19.8 Å². The average molecular weight is 993 g/mol. The fourth-order valence-corrected chi connectivity index (χ4v) is 10.5. The Morgan fingerprint density at radius 3 is 2.27 bits per heavy atom. The van der Waals surface area contributed by atoms with E-state index in [1.54, 1.807) is 0 Å². The molecule has 206 valence electrons. The van der Waals surface area contributed by atoms with Crippen molar-refractivity contribution in [3.8, 4) is 5.75 Å². The van der Waals surface area contributed by atoms with E-state index in [1.807, 2.05) is 0 Å². The molecule has 4 saturated carbocycles. The van der Waals surface area contributed by atoms with Crippen molar-refractivity contribution in [2.45, 2.75) is 62.3 Å². The van der Waals surface area contributed by atoms with Gasteiger partial charge in [0.05, 0.1) is 22.2 Å². The van der Waals surface area contributed by atoms with Gasteiger partial charge in [0.25, 0.3) is 0 Å². The summed E-state index contributed by atoms with van der Waals surface area (Å²) in [5.74, 6) is -0.534. The molecule has 4 aliphatic carbocycles. The molecule has 1 heterocycles. The second-order valence-corrected chi connectivity index (χ2v) is 16.0. The first kappa shape index (κ1) is 29.6. The summed E-state index contributed by atoms with van der Waals surface area (Å²) in [4.78, 5) is 13.2. The summed E-state index contributed by atoms with van der Waals surface area (Å²) in [6.07, 6.45) is -1.23. The van der Waals surface area contributed by atoms with E-state index in [0.29, 0.717) is 25.9 Å². The molecule has 0 saturated heterocycles. The monoisotopic (exact) mass is 993 g/mol. The largest absolute Gasteiger partial charge is 0.743 e. The molecule has 37 heavy (non-hydrogen) atoms. The Hall–Kier alpha value is 1.07. The molecule has 3 atom stereocenters. The van der Waals surface area contributed by atoms with Gasteiger partial charge < -0.3 is 18.8 Å². The van der Waals surface area contributed by atoms with Crippen LogP contribution in [0.5, 0.6) is 5.75 Å². The second kappa shape index (κ2) is 10.1. The second-order valence-electron chi connectivity index (χ2n) is 10.2. The third-order valence-corrected chi connectivity index (χ3v) is 16.5. The zero-order valence-corrected chi connectivity index (χ0v) is 28.3. The van der Waals surface area contributed by atoms with Gasteiger partial charge in [0.1, 0.15) is 5.75 Å². The zero-order valence-electron chi connectivity index (χ0n) is 18.9. The van der Waals surface area contributed by atoms with Crippen LogP contribution in [-0.4, -0.2) is 42.8 Å². The minimum Gasteiger partial charge on any atom is -0.743 e. The summed E-state index contributed by atoms with van der Waals surface area (Å²) in [5.41, 5.74) is 0.163. The number of benzene rings is 1. The molecule has 4 fully saturated rings. The first-order chi connectivity index (χ1) is 17.1. The summed E-state index contributed by atoms with van der Waals surface area (Å²) in [5, 5.41) is -5.08. The quantitative estimate of drug-likeness (QED) is 0.114. The van der Waals surface area contributed by atoms with Crippen LogP contribution in [0.4, 0.5) is 13.2 Å². The van der Waals surface area contributed by atoms with E-state index in [-0.39, 0.29) is 17.8 Å². The molecule has 15 heteroatoms. The lowest BCUT2D eigenvalue weighted by Gasteiger charge is -2.63. The maximum absolute atomic E-state index is 13.8. The highest BCUT2D eigenvalue weighted by atomic mass is 127. The molecule has 7 nitrogen and oxygen atoms in total. The summed E-state index contributed by atoms with van der Waals surface area (Å²) < 4.78 is 95.4. The lowest BCUT2D eigenvalue weighted by atomic mass is 9.47. The van der Waals surface area contributed by atoms with Crippen LogP contribution in [0.1, 0.15) is 44.1 Å². The van der Waals surface area contributed by atoms with Crippen molar-refractivity contribution in [1.29, 1.82) is 0 Å². The van der Waals surface area contributed by atoms with Crippen LogP contribution in [0.25, 0.3) is 0 Å². The molecule has 1 aliphatic heterocycles. The normalized spacial score (nSPS) is 33.2. The fraction of sp³-hybridized carbons (Fsp3) is 0.682. The van der Waals surface area contributed by atoms with Gasteiger partial charge in [0.2, 0.25) is 5.79 Å². The van der Waals surface area contributed by atoms with E-state index < -0.39 is 51.7 Å².